The molecule has 4 nitrogen and oxygen atoms in total. The third kappa shape index (κ3) is 4.98. The third-order valence-electron chi connectivity index (χ3n) is 3.65. The van der Waals surface area contributed by atoms with Gasteiger partial charge in [-0.3, -0.25) is 20.0 Å². The van der Waals surface area contributed by atoms with Crippen LogP contribution in [0, 0.1) is 0 Å². The molecule has 5 heteroatoms. The largest absolute Gasteiger partial charge is 0.273 e. The molecule has 0 aliphatic carbocycles. The number of rotatable bonds is 5. The molecule has 0 aliphatic heterocycles. The van der Waals surface area contributed by atoms with Crippen molar-refractivity contribution in [2.75, 3.05) is 0 Å². The zero-order valence-electron chi connectivity index (χ0n) is 14.0. The van der Waals surface area contributed by atoms with Crippen LogP contribution in [0.5, 0.6) is 0 Å². The summed E-state index contributed by atoms with van der Waals surface area (Å²) < 4.78 is 0. The van der Waals surface area contributed by atoms with Crippen molar-refractivity contribution in [2.45, 2.75) is 32.7 Å². The second-order valence-corrected chi connectivity index (χ2v) is 5.91. The molecule has 1 N–H and O–H groups in total. The number of aryl methyl sites for hydroxylation is 1. The van der Waals surface area contributed by atoms with Crippen LogP contribution in [-0.4, -0.2) is 30.7 Å². The van der Waals surface area contributed by atoms with Gasteiger partial charge in [0.25, 0.3) is 5.91 Å². The summed E-state index contributed by atoms with van der Waals surface area (Å²) in [6, 6.07) is 16.2. The number of hydrogen-bond acceptors (Lipinski definition) is 2. The van der Waals surface area contributed by atoms with Gasteiger partial charge >= 0.3 is 0 Å². The summed E-state index contributed by atoms with van der Waals surface area (Å²) >= 11 is 0. The highest BCUT2D eigenvalue weighted by Crippen LogP contribution is 2.07. The fourth-order valence-corrected chi connectivity index (χ4v) is 2.30. The van der Waals surface area contributed by atoms with E-state index in [-0.39, 0.29) is 17.9 Å². The molecule has 0 fully saturated rings. The maximum atomic E-state index is 12.5. The smallest absolute Gasteiger partial charge is 0.269 e. The van der Waals surface area contributed by atoms with Gasteiger partial charge in [-0.15, -0.1) is 0 Å². The van der Waals surface area contributed by atoms with Gasteiger partial charge in [0.05, 0.1) is 0 Å². The first-order valence-electron chi connectivity index (χ1n) is 8.00. The van der Waals surface area contributed by atoms with E-state index in [4.69, 9.17) is 7.85 Å². The monoisotopic (exact) mass is 320 g/mol. The Morgan fingerprint density at radius 3 is 2.25 bits per heavy atom. The van der Waals surface area contributed by atoms with E-state index in [0.29, 0.717) is 23.9 Å². The molecular formula is C19H21BN2O2. The van der Waals surface area contributed by atoms with Crippen LogP contribution in [0.3, 0.4) is 0 Å². The van der Waals surface area contributed by atoms with E-state index >= 15 is 0 Å². The van der Waals surface area contributed by atoms with E-state index in [9.17, 15) is 9.59 Å². The minimum atomic E-state index is -0.287. The zero-order chi connectivity index (χ0) is 17.5. The highest BCUT2D eigenvalue weighted by atomic mass is 16.2. The molecule has 0 saturated heterocycles. The minimum Gasteiger partial charge on any atom is -0.273 e. The van der Waals surface area contributed by atoms with E-state index < -0.39 is 0 Å². The van der Waals surface area contributed by atoms with Gasteiger partial charge in [-0.2, -0.15) is 0 Å². The molecule has 2 aromatic rings. The van der Waals surface area contributed by atoms with Crippen LogP contribution in [0.15, 0.2) is 54.6 Å². The summed E-state index contributed by atoms with van der Waals surface area (Å²) in [4.78, 5) is 24.7. The standard InChI is InChI=1S/C19H21BN2O2/c1-14(2)22(21-19(24)16-6-4-3-5-7-16)18(23)13-10-15-8-11-17(20)12-9-15/h3-9,11-12,14H,10,13H2,1-2H3,(H,21,24). The number of hydrazine groups is 1. The number of hydrogen-bond donors (Lipinski definition) is 1. The number of nitrogens with zero attached hydrogens (tertiary/aromatic N) is 1. The Kier molecular flexibility index (Phi) is 6.18. The molecule has 2 radical (unpaired) electrons. The number of carbonyl (C=O) groups excluding carboxylic acids is 2. The van der Waals surface area contributed by atoms with Gasteiger partial charge in [0.2, 0.25) is 5.91 Å². The van der Waals surface area contributed by atoms with Crippen LogP contribution in [0.25, 0.3) is 0 Å². The normalized spacial score (nSPS) is 10.5. The van der Waals surface area contributed by atoms with E-state index in [1.165, 1.54) is 5.01 Å². The second-order valence-electron chi connectivity index (χ2n) is 5.91. The zero-order valence-corrected chi connectivity index (χ0v) is 14.0. The quantitative estimate of drug-likeness (QED) is 0.677. The first-order valence-corrected chi connectivity index (χ1v) is 8.00. The van der Waals surface area contributed by atoms with Crippen LogP contribution >= 0.6 is 0 Å². The van der Waals surface area contributed by atoms with Crippen LogP contribution in [-0.2, 0) is 11.2 Å². The lowest BCUT2D eigenvalue weighted by Crippen LogP contribution is -2.50. The average molecular weight is 320 g/mol. The van der Waals surface area contributed by atoms with Crippen molar-refractivity contribution in [3.05, 3.63) is 65.7 Å². The summed E-state index contributed by atoms with van der Waals surface area (Å²) in [6.45, 7) is 3.73. The number of nitrogens with one attached hydrogen (secondary N) is 1. The SMILES string of the molecule is [B]c1ccc(CCC(=O)N(NC(=O)c2ccccc2)C(C)C)cc1. The van der Waals surface area contributed by atoms with Crippen LogP contribution in [0.2, 0.25) is 0 Å². The first kappa shape index (κ1) is 17.8. The molecule has 2 aromatic carbocycles. The van der Waals surface area contributed by atoms with Crippen LogP contribution < -0.4 is 10.9 Å². The Balaban J connectivity index is 1.97. The van der Waals surface area contributed by atoms with Crippen molar-refractivity contribution in [1.82, 2.24) is 10.4 Å². The van der Waals surface area contributed by atoms with Gasteiger partial charge in [-0.1, -0.05) is 47.9 Å². The summed E-state index contributed by atoms with van der Waals surface area (Å²) in [5, 5.41) is 1.40. The second kappa shape index (κ2) is 8.34. The lowest BCUT2D eigenvalue weighted by atomic mass is 9.94. The van der Waals surface area contributed by atoms with Gasteiger partial charge in [-0.25, -0.2) is 0 Å². The summed E-state index contributed by atoms with van der Waals surface area (Å²) in [6.07, 6.45) is 0.917. The van der Waals surface area contributed by atoms with E-state index in [1.54, 1.807) is 24.3 Å². The molecule has 2 rings (SSSR count). The topological polar surface area (TPSA) is 49.4 Å². The highest BCUT2D eigenvalue weighted by molar-refractivity contribution is 6.32. The maximum absolute atomic E-state index is 12.5. The lowest BCUT2D eigenvalue weighted by Gasteiger charge is -2.27. The van der Waals surface area contributed by atoms with E-state index in [1.807, 2.05) is 44.2 Å². The Hall–Kier alpha value is -2.56. The first-order chi connectivity index (χ1) is 11.5. The van der Waals surface area contributed by atoms with Crippen molar-refractivity contribution in [1.29, 1.82) is 0 Å². The number of benzene rings is 2. The summed E-state index contributed by atoms with van der Waals surface area (Å²) in [5.41, 5.74) is 4.96. The molecule has 0 saturated carbocycles. The molecule has 0 aromatic heterocycles. The summed E-state index contributed by atoms with van der Waals surface area (Å²) in [7, 11) is 5.66. The molecule has 122 valence electrons. The molecule has 0 heterocycles. The molecule has 0 bridgehead atoms. The number of amides is 2. The number of carbonyl (C=O) groups is 2. The maximum Gasteiger partial charge on any atom is 0.269 e. The van der Waals surface area contributed by atoms with E-state index in [0.717, 1.165) is 5.56 Å². The fourth-order valence-electron chi connectivity index (χ4n) is 2.30. The lowest BCUT2D eigenvalue weighted by molar-refractivity contribution is -0.135. The molecule has 0 atom stereocenters. The molecule has 0 unspecified atom stereocenters. The van der Waals surface area contributed by atoms with Crippen LogP contribution in [0.4, 0.5) is 0 Å². The molecule has 24 heavy (non-hydrogen) atoms. The molecule has 2 amide bonds. The van der Waals surface area contributed by atoms with Crippen molar-refractivity contribution in [3.63, 3.8) is 0 Å². The van der Waals surface area contributed by atoms with Gasteiger partial charge in [0.1, 0.15) is 7.85 Å². The average Bonchev–Trinajstić information content (AvgIpc) is 2.59. The Bertz CT molecular complexity index is 684. The van der Waals surface area contributed by atoms with Gasteiger partial charge in [0, 0.05) is 18.0 Å². The molecule has 0 spiro atoms. The third-order valence-corrected chi connectivity index (χ3v) is 3.65. The van der Waals surface area contributed by atoms with Gasteiger partial charge in [0.15, 0.2) is 0 Å². The predicted molar refractivity (Wildman–Crippen MR) is 96.0 cm³/mol. The van der Waals surface area contributed by atoms with Crippen LogP contribution in [0.1, 0.15) is 36.2 Å². The Morgan fingerprint density at radius 2 is 1.67 bits per heavy atom. The van der Waals surface area contributed by atoms with Crippen molar-refractivity contribution < 1.29 is 9.59 Å². The van der Waals surface area contributed by atoms with Crippen molar-refractivity contribution in [3.8, 4) is 0 Å². The Morgan fingerprint density at radius 1 is 1.04 bits per heavy atom. The van der Waals surface area contributed by atoms with Crippen molar-refractivity contribution >= 4 is 25.1 Å². The minimum absolute atomic E-state index is 0.119. The highest BCUT2D eigenvalue weighted by Gasteiger charge is 2.19. The van der Waals surface area contributed by atoms with Gasteiger partial charge in [-0.05, 0) is 38.0 Å². The fraction of sp³-hybridized carbons (Fsp3) is 0.263. The predicted octanol–water partition coefficient (Wildman–Crippen LogP) is 1.99. The molecule has 0 aliphatic rings. The molecular weight excluding hydrogens is 299 g/mol. The Labute approximate surface area is 144 Å². The van der Waals surface area contributed by atoms with Gasteiger partial charge < -0.3 is 0 Å². The van der Waals surface area contributed by atoms with E-state index in [2.05, 4.69) is 5.43 Å². The van der Waals surface area contributed by atoms with Crippen molar-refractivity contribution in [2.24, 2.45) is 0 Å². The summed E-state index contributed by atoms with van der Waals surface area (Å²) in [5.74, 6) is -0.406.